The number of hydrogen-bond acceptors (Lipinski definition) is 4. The van der Waals surface area contributed by atoms with Gasteiger partial charge in [0.05, 0.1) is 43.2 Å². The molecule has 0 bridgehead atoms. The number of carbonyl (C=O) groups excluding carboxylic acids is 1. The number of unbranched alkanes of at least 4 members (excludes halogenated alkanes) is 2. The van der Waals surface area contributed by atoms with E-state index in [9.17, 15) is 4.79 Å². The highest BCUT2D eigenvalue weighted by Crippen LogP contribution is 2.21. The van der Waals surface area contributed by atoms with Gasteiger partial charge in [-0.1, -0.05) is 45.4 Å². The highest BCUT2D eigenvalue weighted by Gasteiger charge is 2.12. The van der Waals surface area contributed by atoms with E-state index in [1.54, 1.807) is 19.2 Å². The molecule has 0 aliphatic heterocycles. The number of nitrogens with two attached hydrogens (primary N) is 1. The molecule has 6 heteroatoms. The van der Waals surface area contributed by atoms with Gasteiger partial charge < -0.3 is 19.8 Å². The van der Waals surface area contributed by atoms with Crippen LogP contribution in [0.15, 0.2) is 47.6 Å². The molecule has 1 aromatic carbocycles. The van der Waals surface area contributed by atoms with Crippen molar-refractivity contribution in [1.29, 1.82) is 0 Å². The van der Waals surface area contributed by atoms with Gasteiger partial charge in [-0.15, -0.1) is 0 Å². The molecule has 2 rings (SSSR count). The van der Waals surface area contributed by atoms with Gasteiger partial charge in [0, 0.05) is 18.2 Å². The second-order valence-electron chi connectivity index (χ2n) is 7.22. The number of esters is 1. The molecule has 2 aromatic rings. The summed E-state index contributed by atoms with van der Waals surface area (Å²) in [6.07, 6.45) is 10.0. The Hall–Kier alpha value is -3.28. The van der Waals surface area contributed by atoms with E-state index >= 15 is 0 Å². The predicted octanol–water partition coefficient (Wildman–Crippen LogP) is 3.36. The summed E-state index contributed by atoms with van der Waals surface area (Å²) in [5.74, 6) is 0.788. The Morgan fingerprint density at radius 3 is 2.68 bits per heavy atom. The van der Waals surface area contributed by atoms with Crippen molar-refractivity contribution in [3.8, 4) is 5.75 Å². The largest absolute Gasteiger partial charge is 0.496 e. The number of methoxy groups -OCH3 is 2. The van der Waals surface area contributed by atoms with Crippen molar-refractivity contribution >= 4 is 24.1 Å². The van der Waals surface area contributed by atoms with Gasteiger partial charge in [0.1, 0.15) is 5.75 Å². The van der Waals surface area contributed by atoms with E-state index in [-0.39, 0.29) is 0 Å². The Bertz CT molecular complexity index is 1060. The Kier molecular flexibility index (Phi) is 9.13. The number of hydrogen-bond donors (Lipinski definition) is 1. The average Bonchev–Trinajstić information content (AvgIpc) is 3.15. The van der Waals surface area contributed by atoms with Gasteiger partial charge in [-0.3, -0.25) is 0 Å². The fraction of sp³-hybridized carbons (Fsp3) is 0.360. The number of amidine groups is 1. The molecule has 166 valence electrons. The van der Waals surface area contributed by atoms with Crippen molar-refractivity contribution < 1.29 is 14.3 Å². The number of aromatic nitrogens is 1. The topological polar surface area (TPSA) is 78.8 Å². The summed E-state index contributed by atoms with van der Waals surface area (Å²) in [4.78, 5) is 16.5. The third-order valence-electron chi connectivity index (χ3n) is 4.96. The van der Waals surface area contributed by atoms with Crippen molar-refractivity contribution in [2.75, 3.05) is 14.2 Å². The van der Waals surface area contributed by atoms with Crippen LogP contribution >= 0.6 is 0 Å². The molecule has 0 saturated carbocycles. The Balaban J connectivity index is 2.56. The molecule has 0 radical (unpaired) electrons. The molecule has 0 atom stereocenters. The molecule has 0 aliphatic rings. The van der Waals surface area contributed by atoms with Gasteiger partial charge in [0.2, 0.25) is 0 Å². The number of allylic oxidation sites excluding steroid dienone is 1. The number of aliphatic imine (C=N–C) groups is 1. The Labute approximate surface area is 184 Å². The minimum atomic E-state index is -0.399. The number of ether oxygens (including phenoxy) is 2. The summed E-state index contributed by atoms with van der Waals surface area (Å²) >= 11 is 0. The van der Waals surface area contributed by atoms with E-state index in [0.29, 0.717) is 30.1 Å². The van der Waals surface area contributed by atoms with E-state index in [1.807, 2.05) is 31.3 Å². The predicted molar refractivity (Wildman–Crippen MR) is 127 cm³/mol. The first-order chi connectivity index (χ1) is 14.9. The van der Waals surface area contributed by atoms with Crippen LogP contribution in [0.4, 0.5) is 0 Å². The van der Waals surface area contributed by atoms with Gasteiger partial charge in [-0.25, -0.2) is 9.79 Å². The van der Waals surface area contributed by atoms with Crippen molar-refractivity contribution in [3.63, 3.8) is 0 Å². The van der Waals surface area contributed by atoms with Gasteiger partial charge in [0.25, 0.3) is 0 Å². The fourth-order valence-electron chi connectivity index (χ4n) is 3.18. The average molecular weight is 424 g/mol. The van der Waals surface area contributed by atoms with E-state index in [1.165, 1.54) is 7.11 Å². The number of rotatable bonds is 10. The van der Waals surface area contributed by atoms with E-state index < -0.39 is 5.97 Å². The first-order valence-electron chi connectivity index (χ1n) is 10.6. The van der Waals surface area contributed by atoms with E-state index in [2.05, 4.69) is 29.1 Å². The van der Waals surface area contributed by atoms with Crippen molar-refractivity contribution in [2.24, 2.45) is 10.7 Å². The summed E-state index contributed by atoms with van der Waals surface area (Å²) in [6.45, 7) is 8.88. The van der Waals surface area contributed by atoms with E-state index in [4.69, 9.17) is 15.2 Å². The van der Waals surface area contributed by atoms with Crippen LogP contribution < -0.4 is 21.0 Å². The fourth-order valence-corrected chi connectivity index (χ4v) is 3.18. The number of benzene rings is 1. The molecule has 0 amide bonds. The van der Waals surface area contributed by atoms with Gasteiger partial charge in [-0.05, 0) is 35.9 Å². The van der Waals surface area contributed by atoms with Crippen LogP contribution in [-0.2, 0) is 11.3 Å². The third kappa shape index (κ3) is 6.35. The zero-order chi connectivity index (χ0) is 22.8. The molecule has 31 heavy (non-hydrogen) atoms. The van der Waals surface area contributed by atoms with Crippen LogP contribution in [0.5, 0.6) is 5.75 Å². The number of carbonyl (C=O) groups is 1. The lowest BCUT2D eigenvalue weighted by Crippen LogP contribution is -2.31. The molecule has 1 aromatic heterocycles. The zero-order valence-electron chi connectivity index (χ0n) is 19.0. The first kappa shape index (κ1) is 24.0. The molecule has 0 saturated heterocycles. The quantitative estimate of drug-likeness (QED) is 0.275. The van der Waals surface area contributed by atoms with Gasteiger partial charge >= 0.3 is 5.97 Å². The first-order valence-corrected chi connectivity index (χ1v) is 10.6. The normalized spacial score (nSPS) is 12.8. The second kappa shape index (κ2) is 11.8. The Morgan fingerprint density at radius 1 is 1.26 bits per heavy atom. The summed E-state index contributed by atoms with van der Waals surface area (Å²) in [5.41, 5.74) is 8.23. The highest BCUT2D eigenvalue weighted by atomic mass is 16.5. The van der Waals surface area contributed by atoms with Gasteiger partial charge in [-0.2, -0.15) is 0 Å². The standard InChI is InChI=1S/C25H33N3O3/c1-6-8-9-10-11-21(27-23(26)7-2)24-18(3)14-15-28(24)17-20-13-12-19(25(29)31-5)16-22(20)30-4/h10-16H,3,6-9,17H2,1-2,4-5H3,(H2,26,27)/b11-10+,24-21+. The van der Waals surface area contributed by atoms with Gasteiger partial charge in [0.15, 0.2) is 0 Å². The molecule has 0 unspecified atom stereocenters. The van der Waals surface area contributed by atoms with Crippen LogP contribution in [0, 0.1) is 0 Å². The van der Waals surface area contributed by atoms with Crippen molar-refractivity contribution in [3.05, 3.63) is 64.3 Å². The molecular formula is C25H33N3O3. The molecule has 2 N–H and O–H groups in total. The minimum Gasteiger partial charge on any atom is -0.496 e. The number of nitrogens with zero attached hydrogens (tertiary/aromatic N) is 2. The summed E-state index contributed by atoms with van der Waals surface area (Å²) in [7, 11) is 2.95. The monoisotopic (exact) mass is 423 g/mol. The molecule has 0 aliphatic carbocycles. The van der Waals surface area contributed by atoms with E-state index in [0.717, 1.165) is 41.1 Å². The molecule has 0 fully saturated rings. The lowest BCUT2D eigenvalue weighted by molar-refractivity contribution is 0.0600. The SMILES string of the molecule is C=c1ccn(Cc2ccc(C(=O)OC)cc2OC)/c1=C(\C=C\CCCC)N=C(N)CC. The van der Waals surface area contributed by atoms with Crippen LogP contribution in [0.2, 0.25) is 0 Å². The van der Waals surface area contributed by atoms with Crippen LogP contribution in [0.1, 0.15) is 55.5 Å². The van der Waals surface area contributed by atoms with Crippen molar-refractivity contribution in [2.45, 2.75) is 46.1 Å². The summed E-state index contributed by atoms with van der Waals surface area (Å²) < 4.78 is 12.4. The highest BCUT2D eigenvalue weighted by molar-refractivity contribution is 5.90. The maximum atomic E-state index is 11.8. The Morgan fingerprint density at radius 2 is 2.03 bits per heavy atom. The van der Waals surface area contributed by atoms with Crippen LogP contribution in [-0.4, -0.2) is 30.6 Å². The molecule has 0 spiro atoms. The molecular weight excluding hydrogens is 390 g/mol. The smallest absolute Gasteiger partial charge is 0.337 e. The maximum Gasteiger partial charge on any atom is 0.337 e. The second-order valence-corrected chi connectivity index (χ2v) is 7.22. The molecule has 1 heterocycles. The molecule has 6 nitrogen and oxygen atoms in total. The third-order valence-corrected chi connectivity index (χ3v) is 4.96. The van der Waals surface area contributed by atoms with Crippen molar-refractivity contribution in [1.82, 2.24) is 4.57 Å². The lowest BCUT2D eigenvalue weighted by atomic mass is 10.1. The minimum absolute atomic E-state index is 0.399. The van der Waals surface area contributed by atoms with Crippen LogP contribution in [0.25, 0.3) is 12.3 Å². The lowest BCUT2D eigenvalue weighted by Gasteiger charge is -2.12. The summed E-state index contributed by atoms with van der Waals surface area (Å²) in [5, 5.41) is 1.77. The zero-order valence-corrected chi connectivity index (χ0v) is 19.0. The van der Waals surface area contributed by atoms with Crippen LogP contribution in [0.3, 0.4) is 0 Å². The maximum absolute atomic E-state index is 11.8. The summed E-state index contributed by atoms with van der Waals surface area (Å²) in [6, 6.07) is 7.26.